The molecular weight excluding hydrogens is 230 g/mol. The minimum absolute atomic E-state index is 0.595. The van der Waals surface area contributed by atoms with Gasteiger partial charge in [0.25, 0.3) is 0 Å². The maximum atomic E-state index is 3.82. The zero-order valence-corrected chi connectivity index (χ0v) is 12.2. The Kier molecular flexibility index (Phi) is 3.74. The summed E-state index contributed by atoms with van der Waals surface area (Å²) in [5, 5.41) is 3.82. The number of nitrogens with one attached hydrogen (secondary N) is 1. The maximum absolute atomic E-state index is 3.82. The van der Waals surface area contributed by atoms with Crippen molar-refractivity contribution in [3.63, 3.8) is 0 Å². The van der Waals surface area contributed by atoms with E-state index in [-0.39, 0.29) is 0 Å². The lowest BCUT2D eigenvalue weighted by molar-refractivity contribution is 0.360. The summed E-state index contributed by atoms with van der Waals surface area (Å²) < 4.78 is 0. The van der Waals surface area contributed by atoms with Crippen LogP contribution in [0.25, 0.3) is 0 Å². The third-order valence-corrected chi connectivity index (χ3v) is 4.67. The van der Waals surface area contributed by atoms with Gasteiger partial charge >= 0.3 is 0 Å². The molecule has 3 atom stereocenters. The molecule has 0 amide bonds. The van der Waals surface area contributed by atoms with Gasteiger partial charge in [0.1, 0.15) is 0 Å². The van der Waals surface area contributed by atoms with Crippen molar-refractivity contribution in [3.05, 3.63) is 47.0 Å². The second-order valence-corrected chi connectivity index (χ2v) is 6.49. The fourth-order valence-corrected chi connectivity index (χ4v) is 3.92. The van der Waals surface area contributed by atoms with Crippen LogP contribution in [0.4, 0.5) is 0 Å². The van der Waals surface area contributed by atoms with E-state index in [9.17, 15) is 0 Å². The quantitative estimate of drug-likeness (QED) is 0.796. The standard InChI is InChI=1S/C18H25N/c1-13-9-14(2)11-15(10-13)12-19-18-8-7-16-5-3-4-6-17(16)18/h3-6,9,13,15,18-19H,7-8,10-12H2,1-2H3. The predicted molar refractivity (Wildman–Crippen MR) is 81.2 cm³/mol. The lowest BCUT2D eigenvalue weighted by Gasteiger charge is -2.27. The Morgan fingerprint density at radius 2 is 2.11 bits per heavy atom. The summed E-state index contributed by atoms with van der Waals surface area (Å²) >= 11 is 0. The van der Waals surface area contributed by atoms with Gasteiger partial charge in [-0.15, -0.1) is 0 Å². The third kappa shape index (κ3) is 2.92. The average molecular weight is 255 g/mol. The van der Waals surface area contributed by atoms with Crippen LogP contribution in [-0.2, 0) is 6.42 Å². The Bertz CT molecular complexity index is 474. The molecule has 102 valence electrons. The summed E-state index contributed by atoms with van der Waals surface area (Å²) in [6, 6.07) is 9.52. The van der Waals surface area contributed by atoms with E-state index in [1.807, 2.05) is 0 Å². The van der Waals surface area contributed by atoms with Gasteiger partial charge in [-0.25, -0.2) is 0 Å². The number of benzene rings is 1. The van der Waals surface area contributed by atoms with Crippen LogP contribution in [0.15, 0.2) is 35.9 Å². The molecule has 0 saturated heterocycles. The molecule has 2 aliphatic rings. The number of hydrogen-bond acceptors (Lipinski definition) is 1. The normalized spacial score (nSPS) is 30.0. The van der Waals surface area contributed by atoms with Crippen molar-refractivity contribution in [3.8, 4) is 0 Å². The van der Waals surface area contributed by atoms with Crippen LogP contribution in [0.1, 0.15) is 50.3 Å². The highest BCUT2D eigenvalue weighted by atomic mass is 14.9. The van der Waals surface area contributed by atoms with E-state index in [0.29, 0.717) is 6.04 Å². The molecule has 1 N–H and O–H groups in total. The summed E-state index contributed by atoms with van der Waals surface area (Å²) in [6.45, 7) is 5.81. The number of aryl methyl sites for hydroxylation is 1. The van der Waals surface area contributed by atoms with Crippen LogP contribution in [0.2, 0.25) is 0 Å². The first-order valence-corrected chi connectivity index (χ1v) is 7.71. The molecule has 3 rings (SSSR count). The van der Waals surface area contributed by atoms with E-state index in [4.69, 9.17) is 0 Å². The fraction of sp³-hybridized carbons (Fsp3) is 0.556. The zero-order chi connectivity index (χ0) is 13.2. The van der Waals surface area contributed by atoms with Crippen molar-refractivity contribution in [2.45, 2.75) is 45.6 Å². The fourth-order valence-electron chi connectivity index (χ4n) is 3.92. The molecule has 0 spiro atoms. The molecule has 0 heterocycles. The lowest BCUT2D eigenvalue weighted by Crippen LogP contribution is -2.28. The van der Waals surface area contributed by atoms with Crippen molar-refractivity contribution in [1.29, 1.82) is 0 Å². The monoisotopic (exact) mass is 255 g/mol. The maximum Gasteiger partial charge on any atom is 0.0326 e. The summed E-state index contributed by atoms with van der Waals surface area (Å²) in [7, 11) is 0. The minimum atomic E-state index is 0.595. The number of rotatable bonds is 3. The molecule has 0 aliphatic heterocycles. The molecule has 1 nitrogen and oxygen atoms in total. The van der Waals surface area contributed by atoms with E-state index in [1.54, 1.807) is 16.7 Å². The third-order valence-electron chi connectivity index (χ3n) is 4.67. The Labute approximate surface area is 117 Å². The smallest absolute Gasteiger partial charge is 0.0326 e. The second kappa shape index (κ2) is 5.50. The second-order valence-electron chi connectivity index (χ2n) is 6.49. The number of hydrogen-bond donors (Lipinski definition) is 1. The molecule has 0 radical (unpaired) electrons. The van der Waals surface area contributed by atoms with Gasteiger partial charge in [-0.2, -0.15) is 0 Å². The molecule has 2 aliphatic carbocycles. The van der Waals surface area contributed by atoms with Gasteiger partial charge in [0, 0.05) is 6.04 Å². The zero-order valence-electron chi connectivity index (χ0n) is 12.2. The molecule has 0 bridgehead atoms. The average Bonchev–Trinajstić information content (AvgIpc) is 2.78. The van der Waals surface area contributed by atoms with Crippen LogP contribution in [0.3, 0.4) is 0 Å². The van der Waals surface area contributed by atoms with Crippen LogP contribution < -0.4 is 5.32 Å². The molecule has 1 heteroatoms. The van der Waals surface area contributed by atoms with E-state index in [0.717, 1.165) is 11.8 Å². The first kappa shape index (κ1) is 12.9. The molecule has 1 aromatic carbocycles. The van der Waals surface area contributed by atoms with Crippen molar-refractivity contribution < 1.29 is 0 Å². The topological polar surface area (TPSA) is 12.0 Å². The van der Waals surface area contributed by atoms with Gasteiger partial charge in [-0.05, 0) is 62.1 Å². The highest BCUT2D eigenvalue weighted by Crippen LogP contribution is 2.32. The van der Waals surface area contributed by atoms with Crippen molar-refractivity contribution in [1.82, 2.24) is 5.32 Å². The van der Waals surface area contributed by atoms with Gasteiger partial charge in [-0.3, -0.25) is 0 Å². The van der Waals surface area contributed by atoms with Crippen LogP contribution in [0.5, 0.6) is 0 Å². The van der Waals surface area contributed by atoms with E-state index in [1.165, 1.54) is 32.2 Å². The largest absolute Gasteiger partial charge is 0.310 e. The van der Waals surface area contributed by atoms with Crippen molar-refractivity contribution >= 4 is 0 Å². The van der Waals surface area contributed by atoms with Gasteiger partial charge in [0.15, 0.2) is 0 Å². The van der Waals surface area contributed by atoms with Crippen LogP contribution in [0, 0.1) is 11.8 Å². The highest BCUT2D eigenvalue weighted by molar-refractivity contribution is 5.34. The Balaban J connectivity index is 1.58. The summed E-state index contributed by atoms with van der Waals surface area (Å²) in [5.41, 5.74) is 4.67. The van der Waals surface area contributed by atoms with Crippen molar-refractivity contribution in [2.24, 2.45) is 11.8 Å². The summed E-state index contributed by atoms with van der Waals surface area (Å²) in [5.74, 6) is 1.59. The number of allylic oxidation sites excluding steroid dienone is 2. The summed E-state index contributed by atoms with van der Waals surface area (Å²) in [6.07, 6.45) is 7.59. The SMILES string of the molecule is CC1=CC(C)CC(CNC2CCc3ccccc32)C1. The van der Waals surface area contributed by atoms with E-state index in [2.05, 4.69) is 49.5 Å². The van der Waals surface area contributed by atoms with Gasteiger partial charge in [-0.1, -0.05) is 42.8 Å². The molecule has 0 aromatic heterocycles. The highest BCUT2D eigenvalue weighted by Gasteiger charge is 2.23. The predicted octanol–water partition coefficient (Wildman–Crippen LogP) is 4.26. The number of fused-ring (bicyclic) bond motifs is 1. The molecule has 3 unspecified atom stereocenters. The Hall–Kier alpha value is -1.08. The Morgan fingerprint density at radius 3 is 2.95 bits per heavy atom. The first-order chi connectivity index (χ1) is 9.22. The molecule has 19 heavy (non-hydrogen) atoms. The molecule has 0 saturated carbocycles. The summed E-state index contributed by atoms with van der Waals surface area (Å²) in [4.78, 5) is 0. The minimum Gasteiger partial charge on any atom is -0.310 e. The molecular formula is C18H25N. The Morgan fingerprint density at radius 1 is 1.26 bits per heavy atom. The van der Waals surface area contributed by atoms with Gasteiger partial charge in [0.05, 0.1) is 0 Å². The van der Waals surface area contributed by atoms with Gasteiger partial charge in [0.2, 0.25) is 0 Å². The van der Waals surface area contributed by atoms with E-state index < -0.39 is 0 Å². The van der Waals surface area contributed by atoms with Crippen LogP contribution in [-0.4, -0.2) is 6.54 Å². The molecule has 0 fully saturated rings. The van der Waals surface area contributed by atoms with E-state index >= 15 is 0 Å². The van der Waals surface area contributed by atoms with Gasteiger partial charge < -0.3 is 5.32 Å². The first-order valence-electron chi connectivity index (χ1n) is 7.71. The van der Waals surface area contributed by atoms with Crippen LogP contribution >= 0.6 is 0 Å². The van der Waals surface area contributed by atoms with Crippen molar-refractivity contribution in [2.75, 3.05) is 6.54 Å². The lowest BCUT2D eigenvalue weighted by atomic mass is 9.83. The molecule has 1 aromatic rings.